The quantitative estimate of drug-likeness (QED) is 0.654. The first-order chi connectivity index (χ1) is 14.7. The summed E-state index contributed by atoms with van der Waals surface area (Å²) in [6.07, 6.45) is -4.81. The molecular formula is C19H17ClF5N3O3S. The summed E-state index contributed by atoms with van der Waals surface area (Å²) in [6, 6.07) is 2.82. The van der Waals surface area contributed by atoms with Gasteiger partial charge in [0.1, 0.15) is 16.5 Å². The third kappa shape index (κ3) is 4.52. The monoisotopic (exact) mass is 497 g/mol. The Hall–Kier alpha value is -2.44. The van der Waals surface area contributed by atoms with Crippen LogP contribution in [0.2, 0.25) is 5.02 Å². The SMILES string of the molecule is C[C@@H]1CN(c2ccc(F)cc2C(F)(F)F)CCN1S(=O)(=O)c1cc(C(N)=O)c(F)cc1Cl. The van der Waals surface area contributed by atoms with E-state index >= 15 is 0 Å². The number of alkyl halides is 3. The van der Waals surface area contributed by atoms with Gasteiger partial charge in [-0.15, -0.1) is 0 Å². The first-order valence-electron chi connectivity index (χ1n) is 9.16. The number of carbonyl (C=O) groups is 1. The number of hydrogen-bond donors (Lipinski definition) is 1. The van der Waals surface area contributed by atoms with E-state index in [1.54, 1.807) is 0 Å². The second-order valence-electron chi connectivity index (χ2n) is 7.20. The fraction of sp³-hybridized carbons (Fsp3) is 0.316. The first kappa shape index (κ1) is 24.2. The fourth-order valence-corrected chi connectivity index (χ4v) is 5.70. The lowest BCUT2D eigenvalue weighted by Gasteiger charge is -2.40. The minimum atomic E-state index is -4.81. The minimum absolute atomic E-state index is 0.139. The highest BCUT2D eigenvalue weighted by molar-refractivity contribution is 7.89. The van der Waals surface area contributed by atoms with Crippen LogP contribution < -0.4 is 10.6 Å². The summed E-state index contributed by atoms with van der Waals surface area (Å²) >= 11 is 5.90. The summed E-state index contributed by atoms with van der Waals surface area (Å²) < 4.78 is 94.6. The zero-order valence-corrected chi connectivity index (χ0v) is 18.0. The predicted molar refractivity (Wildman–Crippen MR) is 107 cm³/mol. The van der Waals surface area contributed by atoms with Crippen molar-refractivity contribution < 1.29 is 35.2 Å². The van der Waals surface area contributed by atoms with Crippen LogP contribution in [-0.2, 0) is 16.2 Å². The van der Waals surface area contributed by atoms with Crippen LogP contribution in [0, 0.1) is 11.6 Å². The predicted octanol–water partition coefficient (Wildman–Crippen LogP) is 3.64. The maximum absolute atomic E-state index is 13.9. The van der Waals surface area contributed by atoms with Crippen LogP contribution in [0.1, 0.15) is 22.8 Å². The van der Waals surface area contributed by atoms with Crippen molar-refractivity contribution in [3.8, 4) is 0 Å². The molecule has 13 heteroatoms. The largest absolute Gasteiger partial charge is 0.418 e. The topological polar surface area (TPSA) is 83.7 Å². The lowest BCUT2D eigenvalue weighted by Crippen LogP contribution is -2.54. The molecule has 0 aliphatic carbocycles. The molecule has 174 valence electrons. The van der Waals surface area contributed by atoms with Crippen LogP contribution in [-0.4, -0.2) is 44.3 Å². The van der Waals surface area contributed by atoms with E-state index in [1.807, 2.05) is 0 Å². The maximum atomic E-state index is 13.9. The van der Waals surface area contributed by atoms with E-state index in [9.17, 15) is 35.2 Å². The molecule has 2 aromatic carbocycles. The number of anilines is 1. The second kappa shape index (κ2) is 8.49. The number of amides is 1. The van der Waals surface area contributed by atoms with Gasteiger partial charge in [-0.2, -0.15) is 17.5 Å². The van der Waals surface area contributed by atoms with Crippen LogP contribution >= 0.6 is 11.6 Å². The third-order valence-corrected chi connectivity index (χ3v) is 7.52. The Morgan fingerprint density at radius 1 is 1.16 bits per heavy atom. The van der Waals surface area contributed by atoms with Crippen molar-refractivity contribution in [2.24, 2.45) is 5.73 Å². The zero-order chi connectivity index (χ0) is 24.0. The molecule has 1 fully saturated rings. The van der Waals surface area contributed by atoms with Crippen LogP contribution in [0.25, 0.3) is 0 Å². The number of rotatable bonds is 4. The summed E-state index contributed by atoms with van der Waals surface area (Å²) in [7, 11) is -4.35. The Morgan fingerprint density at radius 3 is 2.38 bits per heavy atom. The number of piperazine rings is 1. The number of benzene rings is 2. The molecule has 1 atom stereocenters. The average Bonchev–Trinajstić information content (AvgIpc) is 2.66. The van der Waals surface area contributed by atoms with Gasteiger partial charge in [0.2, 0.25) is 10.0 Å². The molecule has 3 rings (SSSR count). The highest BCUT2D eigenvalue weighted by Crippen LogP contribution is 2.38. The van der Waals surface area contributed by atoms with Crippen molar-refractivity contribution >= 4 is 33.2 Å². The van der Waals surface area contributed by atoms with Gasteiger partial charge < -0.3 is 10.6 Å². The Morgan fingerprint density at radius 2 is 1.81 bits per heavy atom. The molecule has 0 aromatic heterocycles. The van der Waals surface area contributed by atoms with Crippen LogP contribution in [0.15, 0.2) is 35.2 Å². The normalized spacial score (nSPS) is 18.1. The highest BCUT2D eigenvalue weighted by Gasteiger charge is 2.39. The van der Waals surface area contributed by atoms with Gasteiger partial charge in [-0.25, -0.2) is 17.2 Å². The molecule has 0 saturated carbocycles. The lowest BCUT2D eigenvalue weighted by molar-refractivity contribution is -0.137. The van der Waals surface area contributed by atoms with Gasteiger partial charge >= 0.3 is 6.18 Å². The maximum Gasteiger partial charge on any atom is 0.418 e. The number of hydrogen-bond acceptors (Lipinski definition) is 4. The van der Waals surface area contributed by atoms with E-state index in [-0.39, 0.29) is 25.3 Å². The smallest absolute Gasteiger partial charge is 0.368 e. The summed E-state index contributed by atoms with van der Waals surface area (Å²) in [5, 5.41) is -0.472. The van der Waals surface area contributed by atoms with Crippen LogP contribution in [0.3, 0.4) is 0 Å². The molecule has 1 aliphatic heterocycles. The third-order valence-electron chi connectivity index (χ3n) is 5.04. The van der Waals surface area contributed by atoms with E-state index in [1.165, 1.54) is 11.8 Å². The van der Waals surface area contributed by atoms with Crippen molar-refractivity contribution in [2.45, 2.75) is 24.0 Å². The Bertz CT molecular complexity index is 1170. The second-order valence-corrected chi connectivity index (χ2v) is 9.46. The molecule has 2 aromatic rings. The van der Waals surface area contributed by atoms with E-state index < -0.39 is 60.8 Å². The van der Waals surface area contributed by atoms with E-state index in [2.05, 4.69) is 0 Å². The number of sulfonamides is 1. The van der Waals surface area contributed by atoms with Gasteiger partial charge in [-0.3, -0.25) is 4.79 Å². The summed E-state index contributed by atoms with van der Waals surface area (Å²) in [6.45, 7) is 0.944. The molecular weight excluding hydrogens is 481 g/mol. The molecule has 0 unspecified atom stereocenters. The molecule has 1 amide bonds. The standard InChI is InChI=1S/C19H17ClF5N3O3S/c1-10-9-27(16-3-2-11(21)6-13(16)19(23,24)25)4-5-28(10)32(30,31)17-7-12(18(26)29)15(22)8-14(17)20/h2-3,6-8,10H,4-5,9H2,1H3,(H2,26,29)/t10-/m1/s1. The molecule has 0 bridgehead atoms. The Balaban J connectivity index is 1.93. The van der Waals surface area contributed by atoms with E-state index in [4.69, 9.17) is 17.3 Å². The molecule has 1 saturated heterocycles. The molecule has 1 aliphatic rings. The van der Waals surface area contributed by atoms with Gasteiger partial charge in [0.15, 0.2) is 0 Å². The average molecular weight is 498 g/mol. The fourth-order valence-electron chi connectivity index (χ4n) is 3.57. The van der Waals surface area contributed by atoms with Crippen molar-refractivity contribution in [3.05, 3.63) is 58.1 Å². The molecule has 0 spiro atoms. The van der Waals surface area contributed by atoms with E-state index in [0.29, 0.717) is 12.1 Å². The Kier molecular flexibility index (Phi) is 6.42. The van der Waals surface area contributed by atoms with Crippen molar-refractivity contribution in [3.63, 3.8) is 0 Å². The summed E-state index contributed by atoms with van der Waals surface area (Å²) in [5.74, 6) is -3.33. The van der Waals surface area contributed by atoms with Gasteiger partial charge in [-0.1, -0.05) is 11.6 Å². The lowest BCUT2D eigenvalue weighted by atomic mass is 10.1. The number of halogens is 6. The van der Waals surface area contributed by atoms with Crippen molar-refractivity contribution in [1.82, 2.24) is 4.31 Å². The molecule has 1 heterocycles. The molecule has 2 N–H and O–H groups in total. The molecule has 0 radical (unpaired) electrons. The van der Waals surface area contributed by atoms with Gasteiger partial charge in [0, 0.05) is 31.4 Å². The number of carbonyl (C=O) groups excluding carboxylic acids is 1. The number of nitrogens with two attached hydrogens (primary N) is 1. The van der Waals surface area contributed by atoms with Crippen LogP contribution in [0.4, 0.5) is 27.6 Å². The minimum Gasteiger partial charge on any atom is -0.368 e. The molecule has 32 heavy (non-hydrogen) atoms. The van der Waals surface area contributed by atoms with Gasteiger partial charge in [0.25, 0.3) is 5.91 Å². The highest BCUT2D eigenvalue weighted by atomic mass is 35.5. The summed E-state index contributed by atoms with van der Waals surface area (Å²) in [5.41, 5.74) is 2.95. The Labute approximate surface area is 185 Å². The van der Waals surface area contributed by atoms with Crippen molar-refractivity contribution in [2.75, 3.05) is 24.5 Å². The van der Waals surface area contributed by atoms with E-state index in [0.717, 1.165) is 22.5 Å². The molecule has 6 nitrogen and oxygen atoms in total. The van der Waals surface area contributed by atoms with Crippen molar-refractivity contribution in [1.29, 1.82) is 0 Å². The first-order valence-corrected chi connectivity index (χ1v) is 11.0. The van der Waals surface area contributed by atoms with Gasteiger partial charge in [-0.05, 0) is 37.3 Å². The number of nitrogens with zero attached hydrogens (tertiary/aromatic N) is 2. The number of primary amides is 1. The summed E-state index contributed by atoms with van der Waals surface area (Å²) in [4.78, 5) is 12.2. The van der Waals surface area contributed by atoms with Gasteiger partial charge in [0.05, 0.1) is 16.1 Å². The zero-order valence-electron chi connectivity index (χ0n) is 16.5. The van der Waals surface area contributed by atoms with Crippen LogP contribution in [0.5, 0.6) is 0 Å².